The Balaban J connectivity index is 2.72. The van der Waals surface area contributed by atoms with Gasteiger partial charge in [-0.15, -0.1) is 0 Å². The molecule has 52 valence electrons. The Hall–Kier alpha value is -1.31. The van der Waals surface area contributed by atoms with Crippen LogP contribution in [-0.2, 0) is 4.79 Å². The summed E-state index contributed by atoms with van der Waals surface area (Å²) in [6, 6.07) is 0. The molecular weight excluding hydrogens is 126 g/mol. The number of hydrogen-bond acceptors (Lipinski definition) is 1. The molecule has 0 radical (unpaired) electrons. The molecule has 2 nitrogen and oxygen atoms in total. The highest BCUT2D eigenvalue weighted by molar-refractivity contribution is 5.75. The highest BCUT2D eigenvalue weighted by Crippen LogP contribution is 1.97. The van der Waals surface area contributed by atoms with Gasteiger partial charge in [-0.1, -0.05) is 12.2 Å². The Labute approximate surface area is 60.1 Å². The fourth-order valence-electron chi connectivity index (χ4n) is 0.673. The molecule has 0 N–H and O–H groups in total. The standard InChI is InChI=1S/C8H9NO/c1-8(10)9-6-4-2-3-5-7-9/h2-7H,1H3. The number of hydrogen-bond donors (Lipinski definition) is 0. The van der Waals surface area contributed by atoms with Crippen LogP contribution in [-0.4, -0.2) is 10.8 Å². The van der Waals surface area contributed by atoms with E-state index < -0.39 is 0 Å². The third-order valence-electron chi connectivity index (χ3n) is 1.19. The predicted octanol–water partition coefficient (Wildman–Crippen LogP) is 1.43. The highest BCUT2D eigenvalue weighted by atomic mass is 16.2. The van der Waals surface area contributed by atoms with Gasteiger partial charge in [-0.25, -0.2) is 0 Å². The van der Waals surface area contributed by atoms with Crippen molar-refractivity contribution in [2.45, 2.75) is 6.92 Å². The van der Waals surface area contributed by atoms with Crippen molar-refractivity contribution in [2.75, 3.05) is 0 Å². The lowest BCUT2D eigenvalue weighted by Crippen LogP contribution is -2.14. The molecule has 0 spiro atoms. The molecule has 1 aliphatic heterocycles. The Morgan fingerprint density at radius 2 is 1.60 bits per heavy atom. The Bertz CT molecular complexity index is 197. The summed E-state index contributed by atoms with van der Waals surface area (Å²) in [6.07, 6.45) is 10.8. The van der Waals surface area contributed by atoms with Gasteiger partial charge >= 0.3 is 0 Å². The van der Waals surface area contributed by atoms with E-state index >= 15 is 0 Å². The first-order valence-electron chi connectivity index (χ1n) is 3.11. The molecule has 0 bridgehead atoms. The van der Waals surface area contributed by atoms with Crippen molar-refractivity contribution < 1.29 is 4.79 Å². The quantitative estimate of drug-likeness (QED) is 0.492. The second-order valence-electron chi connectivity index (χ2n) is 1.99. The van der Waals surface area contributed by atoms with Crippen molar-refractivity contribution in [1.29, 1.82) is 0 Å². The average Bonchev–Trinajstić information content (AvgIpc) is 2.12. The molecule has 0 aromatic rings. The molecule has 1 amide bonds. The number of rotatable bonds is 0. The van der Waals surface area contributed by atoms with E-state index in [1.807, 2.05) is 24.3 Å². The Kier molecular flexibility index (Phi) is 2.05. The molecule has 0 unspecified atom stereocenters. The minimum atomic E-state index is 0.0243. The lowest BCUT2D eigenvalue weighted by molar-refractivity contribution is -0.124. The van der Waals surface area contributed by atoms with E-state index in [4.69, 9.17) is 0 Å². The lowest BCUT2D eigenvalue weighted by atomic mass is 10.5. The predicted molar refractivity (Wildman–Crippen MR) is 39.9 cm³/mol. The molecule has 1 rings (SSSR count). The van der Waals surface area contributed by atoms with Crippen LogP contribution in [0.4, 0.5) is 0 Å². The van der Waals surface area contributed by atoms with Crippen LogP contribution in [0.1, 0.15) is 6.92 Å². The summed E-state index contributed by atoms with van der Waals surface area (Å²) in [7, 11) is 0. The first-order chi connectivity index (χ1) is 4.80. The van der Waals surface area contributed by atoms with Crippen LogP contribution in [0.25, 0.3) is 0 Å². The number of carbonyl (C=O) groups excluding carboxylic acids is 1. The summed E-state index contributed by atoms with van der Waals surface area (Å²) in [6.45, 7) is 1.53. The van der Waals surface area contributed by atoms with E-state index in [0.717, 1.165) is 0 Å². The molecule has 1 heterocycles. The van der Waals surface area contributed by atoms with Gasteiger partial charge in [0.2, 0.25) is 5.91 Å². The molecule has 2 heteroatoms. The largest absolute Gasteiger partial charge is 0.295 e. The first kappa shape index (κ1) is 6.81. The molecule has 0 aromatic heterocycles. The first-order valence-corrected chi connectivity index (χ1v) is 3.11. The summed E-state index contributed by atoms with van der Waals surface area (Å²) in [5, 5.41) is 0. The van der Waals surface area contributed by atoms with E-state index in [2.05, 4.69) is 0 Å². The van der Waals surface area contributed by atoms with Crippen LogP contribution in [0, 0.1) is 0 Å². The average molecular weight is 135 g/mol. The maximum Gasteiger partial charge on any atom is 0.227 e. The number of allylic oxidation sites excluding steroid dienone is 4. The molecule has 0 fully saturated rings. The van der Waals surface area contributed by atoms with Gasteiger partial charge < -0.3 is 0 Å². The normalized spacial score (nSPS) is 15.5. The van der Waals surface area contributed by atoms with Gasteiger partial charge in [0.25, 0.3) is 0 Å². The fraction of sp³-hybridized carbons (Fsp3) is 0.125. The van der Waals surface area contributed by atoms with Crippen molar-refractivity contribution in [3.63, 3.8) is 0 Å². The molecule has 1 aliphatic rings. The number of nitrogens with zero attached hydrogens (tertiary/aromatic N) is 1. The Morgan fingerprint density at radius 1 is 1.10 bits per heavy atom. The van der Waals surface area contributed by atoms with E-state index in [1.54, 1.807) is 12.4 Å². The summed E-state index contributed by atoms with van der Waals surface area (Å²) in [4.78, 5) is 12.3. The molecular formula is C8H9NO. The van der Waals surface area contributed by atoms with Gasteiger partial charge in [-0.3, -0.25) is 9.69 Å². The number of amides is 1. The van der Waals surface area contributed by atoms with Gasteiger partial charge in [0.1, 0.15) is 0 Å². The van der Waals surface area contributed by atoms with Gasteiger partial charge in [0, 0.05) is 19.3 Å². The third kappa shape index (κ3) is 1.58. The second-order valence-corrected chi connectivity index (χ2v) is 1.99. The monoisotopic (exact) mass is 135 g/mol. The van der Waals surface area contributed by atoms with Crippen LogP contribution < -0.4 is 0 Å². The smallest absolute Gasteiger partial charge is 0.227 e. The number of carbonyl (C=O) groups is 1. The van der Waals surface area contributed by atoms with Crippen LogP contribution in [0.15, 0.2) is 36.7 Å². The molecule has 0 saturated heterocycles. The molecule has 0 aliphatic carbocycles. The maximum atomic E-state index is 10.7. The van der Waals surface area contributed by atoms with Gasteiger partial charge in [-0.05, 0) is 12.2 Å². The van der Waals surface area contributed by atoms with Gasteiger partial charge in [0.05, 0.1) is 0 Å². The molecule has 0 saturated carbocycles. The zero-order valence-electron chi connectivity index (χ0n) is 5.82. The minimum absolute atomic E-state index is 0.0243. The van der Waals surface area contributed by atoms with E-state index in [1.165, 1.54) is 11.8 Å². The van der Waals surface area contributed by atoms with Crippen LogP contribution in [0.3, 0.4) is 0 Å². The SMILES string of the molecule is CC(=O)N1C=CC=CC=C1. The topological polar surface area (TPSA) is 20.3 Å². The summed E-state index contributed by atoms with van der Waals surface area (Å²) < 4.78 is 0. The van der Waals surface area contributed by atoms with Crippen molar-refractivity contribution >= 4 is 5.91 Å². The summed E-state index contributed by atoms with van der Waals surface area (Å²) >= 11 is 0. The van der Waals surface area contributed by atoms with E-state index in [-0.39, 0.29) is 5.91 Å². The third-order valence-corrected chi connectivity index (χ3v) is 1.19. The van der Waals surface area contributed by atoms with E-state index in [9.17, 15) is 4.79 Å². The summed E-state index contributed by atoms with van der Waals surface area (Å²) in [5.74, 6) is 0.0243. The van der Waals surface area contributed by atoms with Gasteiger partial charge in [0.15, 0.2) is 0 Å². The van der Waals surface area contributed by atoms with Crippen molar-refractivity contribution in [3.05, 3.63) is 36.7 Å². The van der Waals surface area contributed by atoms with Crippen LogP contribution in [0.5, 0.6) is 0 Å². The second kappa shape index (κ2) is 3.01. The van der Waals surface area contributed by atoms with Crippen LogP contribution >= 0.6 is 0 Å². The van der Waals surface area contributed by atoms with Crippen molar-refractivity contribution in [1.82, 2.24) is 4.90 Å². The fourth-order valence-corrected chi connectivity index (χ4v) is 0.673. The Morgan fingerprint density at radius 3 is 2.00 bits per heavy atom. The maximum absolute atomic E-state index is 10.7. The zero-order chi connectivity index (χ0) is 7.40. The summed E-state index contributed by atoms with van der Waals surface area (Å²) in [5.41, 5.74) is 0. The molecule has 0 aromatic carbocycles. The minimum Gasteiger partial charge on any atom is -0.295 e. The lowest BCUT2D eigenvalue weighted by Gasteiger charge is -2.07. The van der Waals surface area contributed by atoms with Crippen LogP contribution in [0.2, 0.25) is 0 Å². The molecule has 10 heavy (non-hydrogen) atoms. The highest BCUT2D eigenvalue weighted by Gasteiger charge is 1.98. The van der Waals surface area contributed by atoms with E-state index in [0.29, 0.717) is 0 Å². The van der Waals surface area contributed by atoms with Crippen molar-refractivity contribution in [3.8, 4) is 0 Å². The van der Waals surface area contributed by atoms with Crippen molar-refractivity contribution in [2.24, 2.45) is 0 Å². The zero-order valence-corrected chi connectivity index (χ0v) is 5.82. The molecule has 0 atom stereocenters. The van der Waals surface area contributed by atoms with Gasteiger partial charge in [-0.2, -0.15) is 0 Å².